The molecule has 1 atom stereocenters. The molecule has 2 nitrogen and oxygen atoms in total. The highest BCUT2D eigenvalue weighted by Crippen LogP contribution is 2.40. The summed E-state index contributed by atoms with van der Waals surface area (Å²) in [7, 11) is 1.25. The molecular formula is C15H17BrF3NO. The topological polar surface area (TPSA) is 20.3 Å². The van der Waals surface area contributed by atoms with Crippen molar-refractivity contribution in [3.05, 3.63) is 33.8 Å². The average Bonchev–Trinajstić information content (AvgIpc) is 2.29. The number of hydrogen-bond donors (Lipinski definition) is 0. The van der Waals surface area contributed by atoms with Gasteiger partial charge in [0.1, 0.15) is 0 Å². The van der Waals surface area contributed by atoms with Crippen molar-refractivity contribution in [1.29, 1.82) is 0 Å². The average molecular weight is 364 g/mol. The van der Waals surface area contributed by atoms with Crippen LogP contribution < -0.4 is 0 Å². The summed E-state index contributed by atoms with van der Waals surface area (Å²) < 4.78 is 41.0. The largest absolute Gasteiger partial charge is 0.413 e. The van der Waals surface area contributed by atoms with Crippen LogP contribution >= 0.6 is 15.9 Å². The number of alkyl halides is 3. The second kappa shape index (κ2) is 5.99. The number of hydrogen-bond acceptors (Lipinski definition) is 1. The van der Waals surface area contributed by atoms with Gasteiger partial charge in [0.15, 0.2) is 6.04 Å². The summed E-state index contributed by atoms with van der Waals surface area (Å²) in [5, 5.41) is 0. The van der Waals surface area contributed by atoms with E-state index in [0.717, 1.165) is 15.8 Å². The lowest BCUT2D eigenvalue weighted by atomic mass is 9.84. The summed E-state index contributed by atoms with van der Waals surface area (Å²) in [6.07, 6.45) is -2.20. The smallest absolute Gasteiger partial charge is 0.330 e. The van der Waals surface area contributed by atoms with Crippen LogP contribution in [0.2, 0.25) is 0 Å². The molecule has 0 aromatic heterocycles. The van der Waals surface area contributed by atoms with Gasteiger partial charge in [-0.25, -0.2) is 0 Å². The van der Waals surface area contributed by atoms with E-state index < -0.39 is 18.1 Å². The third kappa shape index (κ3) is 3.42. The number of amides is 1. The zero-order valence-corrected chi connectivity index (χ0v) is 13.5. The molecule has 0 heterocycles. The van der Waals surface area contributed by atoms with Gasteiger partial charge in [-0.1, -0.05) is 34.5 Å². The number of halogens is 4. The zero-order chi connectivity index (χ0) is 15.8. The minimum atomic E-state index is -4.49. The molecule has 2 rings (SSSR count). The Morgan fingerprint density at radius 3 is 2.43 bits per heavy atom. The van der Waals surface area contributed by atoms with E-state index in [1.165, 1.54) is 19.2 Å². The molecule has 1 aliphatic rings. The monoisotopic (exact) mass is 363 g/mol. The van der Waals surface area contributed by atoms with Crippen molar-refractivity contribution in [3.8, 4) is 0 Å². The van der Waals surface area contributed by atoms with Crippen molar-refractivity contribution >= 4 is 21.8 Å². The van der Waals surface area contributed by atoms with Gasteiger partial charge in [-0.15, -0.1) is 0 Å². The first-order valence-electron chi connectivity index (χ1n) is 6.81. The minimum Gasteiger partial charge on any atom is -0.330 e. The van der Waals surface area contributed by atoms with Crippen LogP contribution in [-0.2, 0) is 4.79 Å². The Morgan fingerprint density at radius 1 is 1.38 bits per heavy atom. The van der Waals surface area contributed by atoms with Crippen molar-refractivity contribution in [1.82, 2.24) is 4.90 Å². The fraction of sp³-hybridized carbons (Fsp3) is 0.533. The molecule has 21 heavy (non-hydrogen) atoms. The fourth-order valence-corrected chi connectivity index (χ4v) is 2.79. The van der Waals surface area contributed by atoms with Gasteiger partial charge in [-0.2, -0.15) is 13.2 Å². The molecule has 6 heteroatoms. The first kappa shape index (κ1) is 16.3. The molecule has 1 fully saturated rings. The van der Waals surface area contributed by atoms with Gasteiger partial charge in [0, 0.05) is 17.4 Å². The molecule has 0 bridgehead atoms. The van der Waals surface area contributed by atoms with Crippen LogP contribution in [0.5, 0.6) is 0 Å². The lowest BCUT2D eigenvalue weighted by Gasteiger charge is -2.35. The molecule has 1 saturated carbocycles. The van der Waals surface area contributed by atoms with Crippen LogP contribution in [0.15, 0.2) is 22.7 Å². The maximum atomic E-state index is 13.4. The second-order valence-corrected chi connectivity index (χ2v) is 6.38. The predicted octanol–water partition coefficient (Wildman–Crippen LogP) is 4.62. The molecule has 0 N–H and O–H groups in total. The first-order chi connectivity index (χ1) is 9.71. The Hall–Kier alpha value is -1.04. The minimum absolute atomic E-state index is 0.0957. The van der Waals surface area contributed by atoms with Gasteiger partial charge in [0.2, 0.25) is 5.91 Å². The van der Waals surface area contributed by atoms with Crippen molar-refractivity contribution in [2.24, 2.45) is 5.92 Å². The number of rotatable bonds is 3. The maximum absolute atomic E-state index is 13.4. The first-order valence-corrected chi connectivity index (χ1v) is 7.60. The number of benzene rings is 1. The fourth-order valence-electron chi connectivity index (χ4n) is 2.54. The molecule has 1 amide bonds. The maximum Gasteiger partial charge on any atom is 0.413 e. The predicted molar refractivity (Wildman–Crippen MR) is 77.8 cm³/mol. The Morgan fingerprint density at radius 2 is 2.00 bits per heavy atom. The highest BCUT2D eigenvalue weighted by atomic mass is 79.9. The summed E-state index contributed by atoms with van der Waals surface area (Å²) in [5.41, 5.74) is 0.810. The van der Waals surface area contributed by atoms with E-state index in [4.69, 9.17) is 0 Å². The molecule has 116 valence electrons. The van der Waals surface area contributed by atoms with Crippen molar-refractivity contribution in [2.75, 3.05) is 7.05 Å². The molecule has 1 aliphatic carbocycles. The van der Waals surface area contributed by atoms with E-state index in [1.54, 1.807) is 13.0 Å². The van der Waals surface area contributed by atoms with E-state index in [-0.39, 0.29) is 11.5 Å². The molecular weight excluding hydrogens is 347 g/mol. The van der Waals surface area contributed by atoms with Crippen LogP contribution in [0.1, 0.15) is 36.4 Å². The van der Waals surface area contributed by atoms with E-state index in [0.29, 0.717) is 18.4 Å². The Kier molecular flexibility index (Phi) is 4.66. The molecule has 1 aromatic rings. The molecule has 0 radical (unpaired) electrons. The van der Waals surface area contributed by atoms with E-state index in [9.17, 15) is 18.0 Å². The van der Waals surface area contributed by atoms with Crippen LogP contribution in [0, 0.1) is 12.8 Å². The lowest BCUT2D eigenvalue weighted by molar-refractivity contribution is -0.191. The standard InChI is InChI=1S/C15H17BrF3NO/c1-9-8-11(6-7-12(9)16)13(15(17,18)19)20(2)14(21)10-4-3-5-10/h6-8,10,13H,3-5H2,1-2H3/t13-/m0/s1. The van der Waals surface area contributed by atoms with Gasteiger partial charge in [-0.05, 0) is 37.0 Å². The van der Waals surface area contributed by atoms with Gasteiger partial charge >= 0.3 is 6.18 Å². The highest BCUT2D eigenvalue weighted by Gasteiger charge is 2.46. The van der Waals surface area contributed by atoms with Crippen LogP contribution in [-0.4, -0.2) is 24.0 Å². The molecule has 1 aromatic carbocycles. The number of aryl methyl sites for hydroxylation is 1. The summed E-state index contributed by atoms with van der Waals surface area (Å²) >= 11 is 3.28. The molecule has 0 unspecified atom stereocenters. The molecule has 0 aliphatic heterocycles. The van der Waals surface area contributed by atoms with Crippen LogP contribution in [0.4, 0.5) is 13.2 Å². The van der Waals surface area contributed by atoms with Crippen molar-refractivity contribution in [2.45, 2.75) is 38.4 Å². The highest BCUT2D eigenvalue weighted by molar-refractivity contribution is 9.10. The lowest BCUT2D eigenvalue weighted by Crippen LogP contribution is -2.44. The quantitative estimate of drug-likeness (QED) is 0.767. The van der Waals surface area contributed by atoms with Crippen LogP contribution in [0.3, 0.4) is 0 Å². The Labute approximate surface area is 130 Å². The van der Waals surface area contributed by atoms with E-state index in [2.05, 4.69) is 15.9 Å². The summed E-state index contributed by atoms with van der Waals surface area (Å²) in [6, 6.07) is 2.59. The zero-order valence-electron chi connectivity index (χ0n) is 11.9. The van der Waals surface area contributed by atoms with Crippen LogP contribution in [0.25, 0.3) is 0 Å². The number of carbonyl (C=O) groups is 1. The van der Waals surface area contributed by atoms with Crippen molar-refractivity contribution < 1.29 is 18.0 Å². The Balaban J connectivity index is 2.33. The molecule has 0 spiro atoms. The third-order valence-electron chi connectivity index (χ3n) is 4.00. The summed E-state index contributed by atoms with van der Waals surface area (Å²) in [4.78, 5) is 13.0. The third-order valence-corrected chi connectivity index (χ3v) is 4.89. The summed E-state index contributed by atoms with van der Waals surface area (Å²) in [5.74, 6) is -0.666. The van der Waals surface area contributed by atoms with Crippen molar-refractivity contribution in [3.63, 3.8) is 0 Å². The van der Waals surface area contributed by atoms with Gasteiger partial charge in [-0.3, -0.25) is 4.79 Å². The normalized spacial score (nSPS) is 17.2. The summed E-state index contributed by atoms with van der Waals surface area (Å²) in [6.45, 7) is 1.73. The Bertz CT molecular complexity index is 540. The van der Waals surface area contributed by atoms with Gasteiger partial charge in [0.25, 0.3) is 0 Å². The van der Waals surface area contributed by atoms with E-state index in [1.807, 2.05) is 0 Å². The van der Waals surface area contributed by atoms with Gasteiger partial charge in [0.05, 0.1) is 0 Å². The molecule has 0 saturated heterocycles. The second-order valence-electron chi connectivity index (χ2n) is 5.53. The van der Waals surface area contributed by atoms with Gasteiger partial charge < -0.3 is 4.90 Å². The number of nitrogens with zero attached hydrogens (tertiary/aromatic N) is 1. The van der Waals surface area contributed by atoms with E-state index >= 15 is 0 Å². The SMILES string of the molecule is Cc1cc([C@H](N(C)C(=O)C2CCC2)C(F)(F)F)ccc1Br. The number of carbonyl (C=O) groups excluding carboxylic acids is 1.